The van der Waals surface area contributed by atoms with Crippen LogP contribution < -0.4 is 15.4 Å². The van der Waals surface area contributed by atoms with Crippen LogP contribution in [0.15, 0.2) is 66.7 Å². The van der Waals surface area contributed by atoms with Crippen LogP contribution in [0.1, 0.15) is 44.5 Å². The lowest BCUT2D eigenvalue weighted by Gasteiger charge is -2.10. The Balaban J connectivity index is 1.16. The van der Waals surface area contributed by atoms with Crippen LogP contribution in [0.2, 0.25) is 0 Å². The van der Waals surface area contributed by atoms with Gasteiger partial charge in [0.15, 0.2) is 5.82 Å². The van der Waals surface area contributed by atoms with Gasteiger partial charge in [0.1, 0.15) is 10.8 Å². The second-order valence-corrected chi connectivity index (χ2v) is 9.77. The zero-order valence-corrected chi connectivity index (χ0v) is 22.0. The van der Waals surface area contributed by atoms with Crippen molar-refractivity contribution in [1.82, 2.24) is 25.7 Å². The van der Waals surface area contributed by atoms with Gasteiger partial charge in [0.25, 0.3) is 5.91 Å². The number of carbonyl (C=O) groups is 2. The van der Waals surface area contributed by atoms with Crippen molar-refractivity contribution < 1.29 is 27.5 Å². The summed E-state index contributed by atoms with van der Waals surface area (Å²) < 4.78 is 41.1. The number of alkyl halides is 3. The fraction of sp³-hybridized carbons (Fsp3) is 0.259. The summed E-state index contributed by atoms with van der Waals surface area (Å²) in [5, 5.41) is 22.8. The van der Waals surface area contributed by atoms with E-state index in [1.165, 1.54) is 23.5 Å². The molecule has 0 saturated heterocycles. The maximum atomic E-state index is 12.4. The molecule has 0 spiro atoms. The fourth-order valence-corrected chi connectivity index (χ4v) is 4.47. The molecule has 0 aliphatic rings. The predicted molar refractivity (Wildman–Crippen MR) is 142 cm³/mol. The highest BCUT2D eigenvalue weighted by Gasteiger charge is 2.31. The van der Waals surface area contributed by atoms with Gasteiger partial charge in [-0.25, -0.2) is 0 Å². The zero-order chi connectivity index (χ0) is 28.4. The van der Waals surface area contributed by atoms with E-state index in [1.54, 1.807) is 12.1 Å². The summed E-state index contributed by atoms with van der Waals surface area (Å²) in [5.74, 6) is -0.850. The normalized spacial score (nSPS) is 11.2. The number of amides is 2. The van der Waals surface area contributed by atoms with Gasteiger partial charge in [0.2, 0.25) is 10.9 Å². The van der Waals surface area contributed by atoms with Crippen LogP contribution >= 0.6 is 11.3 Å². The second-order valence-electron chi connectivity index (χ2n) is 8.71. The zero-order valence-electron chi connectivity index (χ0n) is 21.1. The molecular formula is C27H25F3N6O3S. The van der Waals surface area contributed by atoms with E-state index >= 15 is 0 Å². The average Bonchev–Trinajstić information content (AvgIpc) is 3.40. The van der Waals surface area contributed by atoms with Crippen LogP contribution in [0, 0.1) is 0 Å². The summed E-state index contributed by atoms with van der Waals surface area (Å²) in [6.07, 6.45) is -1.98. The molecule has 2 amide bonds. The SMILES string of the molecule is O=C(Cc1cccc(OC(F)(F)F)c1)Nc1ccc(CCCCc2nnc(C(=O)NCc3ccccc3)s2)nn1. The van der Waals surface area contributed by atoms with Crippen LogP contribution in [0.5, 0.6) is 5.75 Å². The van der Waals surface area contributed by atoms with Gasteiger partial charge in [-0.1, -0.05) is 53.8 Å². The highest BCUT2D eigenvalue weighted by Crippen LogP contribution is 2.23. The molecule has 0 fully saturated rings. The second kappa shape index (κ2) is 13.6. The van der Waals surface area contributed by atoms with Gasteiger partial charge in [-0.15, -0.1) is 28.5 Å². The third kappa shape index (κ3) is 9.42. The summed E-state index contributed by atoms with van der Waals surface area (Å²) in [5.41, 5.74) is 2.11. The molecule has 0 radical (unpaired) electrons. The van der Waals surface area contributed by atoms with E-state index in [2.05, 4.69) is 35.8 Å². The molecule has 208 valence electrons. The maximum Gasteiger partial charge on any atom is 0.573 e. The Kier molecular flexibility index (Phi) is 9.73. The molecule has 0 aliphatic carbocycles. The molecule has 0 bridgehead atoms. The van der Waals surface area contributed by atoms with Crippen molar-refractivity contribution in [2.24, 2.45) is 0 Å². The van der Waals surface area contributed by atoms with Crippen molar-refractivity contribution in [2.45, 2.75) is 45.0 Å². The molecule has 4 aromatic rings. The summed E-state index contributed by atoms with van der Waals surface area (Å²) in [7, 11) is 0. The summed E-state index contributed by atoms with van der Waals surface area (Å²) in [4.78, 5) is 24.6. The number of rotatable bonds is 12. The van der Waals surface area contributed by atoms with E-state index in [9.17, 15) is 22.8 Å². The van der Waals surface area contributed by atoms with Crippen LogP contribution in [0.25, 0.3) is 0 Å². The van der Waals surface area contributed by atoms with Crippen LogP contribution in [-0.2, 0) is 30.6 Å². The van der Waals surface area contributed by atoms with Crippen molar-refractivity contribution in [2.75, 3.05) is 5.32 Å². The molecule has 2 heterocycles. The van der Waals surface area contributed by atoms with Gasteiger partial charge in [0.05, 0.1) is 12.1 Å². The van der Waals surface area contributed by atoms with Gasteiger partial charge >= 0.3 is 6.36 Å². The topological polar surface area (TPSA) is 119 Å². The number of nitrogens with one attached hydrogen (secondary N) is 2. The minimum Gasteiger partial charge on any atom is -0.406 e. The number of aromatic nitrogens is 4. The summed E-state index contributed by atoms with van der Waals surface area (Å²) in [6.45, 7) is 0.423. The number of hydrogen-bond acceptors (Lipinski definition) is 8. The summed E-state index contributed by atoms with van der Waals surface area (Å²) in [6, 6.07) is 18.2. The predicted octanol–water partition coefficient (Wildman–Crippen LogP) is 4.90. The molecule has 0 atom stereocenters. The van der Waals surface area contributed by atoms with Crippen molar-refractivity contribution in [1.29, 1.82) is 0 Å². The van der Waals surface area contributed by atoms with E-state index in [4.69, 9.17) is 0 Å². The standard InChI is InChI=1S/C27H25F3N6O3S/c28-27(29,30)39-21-11-6-9-19(15-21)16-23(37)32-22-14-13-20(33-34-22)10-4-5-12-24-35-36-26(40-24)25(38)31-17-18-7-2-1-3-8-18/h1-3,6-9,11,13-15H,4-5,10,12,16-17H2,(H,31,38)(H,32,34,37). The Morgan fingerprint density at radius 2 is 1.62 bits per heavy atom. The van der Waals surface area contributed by atoms with Crippen molar-refractivity contribution in [3.63, 3.8) is 0 Å². The van der Waals surface area contributed by atoms with Crippen LogP contribution in [0.4, 0.5) is 19.0 Å². The minimum atomic E-state index is -4.80. The first-order chi connectivity index (χ1) is 19.2. The first-order valence-electron chi connectivity index (χ1n) is 12.4. The van der Waals surface area contributed by atoms with Gasteiger partial charge in [-0.2, -0.15) is 5.10 Å². The van der Waals surface area contributed by atoms with E-state index in [1.807, 2.05) is 30.3 Å². The first kappa shape index (κ1) is 28.6. The molecular weight excluding hydrogens is 545 g/mol. The Morgan fingerprint density at radius 3 is 2.38 bits per heavy atom. The third-order valence-corrected chi connectivity index (χ3v) is 6.50. The Labute approximate surface area is 231 Å². The minimum absolute atomic E-state index is 0.152. The van der Waals surface area contributed by atoms with Crippen molar-refractivity contribution in [3.05, 3.63) is 93.6 Å². The van der Waals surface area contributed by atoms with E-state index in [0.717, 1.165) is 41.2 Å². The Hall–Kier alpha value is -4.39. The highest BCUT2D eigenvalue weighted by atomic mass is 32.1. The number of hydrogen-bond donors (Lipinski definition) is 2. The van der Waals surface area contributed by atoms with Gasteiger partial charge in [0, 0.05) is 13.0 Å². The lowest BCUT2D eigenvalue weighted by Crippen LogP contribution is -2.22. The molecule has 0 aliphatic heterocycles. The van der Waals surface area contributed by atoms with Crippen LogP contribution in [-0.4, -0.2) is 38.6 Å². The van der Waals surface area contributed by atoms with Crippen LogP contribution in [0.3, 0.4) is 0 Å². The smallest absolute Gasteiger partial charge is 0.406 e. The molecule has 2 aromatic carbocycles. The number of ether oxygens (including phenoxy) is 1. The number of benzene rings is 2. The molecule has 2 N–H and O–H groups in total. The number of anilines is 1. The Bertz CT molecular complexity index is 1420. The third-order valence-electron chi connectivity index (χ3n) is 5.51. The Morgan fingerprint density at radius 1 is 0.850 bits per heavy atom. The lowest BCUT2D eigenvalue weighted by molar-refractivity contribution is -0.274. The van der Waals surface area contributed by atoms with Crippen molar-refractivity contribution >= 4 is 29.0 Å². The van der Waals surface area contributed by atoms with E-state index < -0.39 is 18.0 Å². The quantitative estimate of drug-likeness (QED) is 0.233. The van der Waals surface area contributed by atoms with E-state index in [-0.39, 0.29) is 18.1 Å². The lowest BCUT2D eigenvalue weighted by atomic mass is 10.1. The first-order valence-corrected chi connectivity index (χ1v) is 13.2. The fourth-order valence-electron chi connectivity index (χ4n) is 3.67. The number of unbranched alkanes of at least 4 members (excludes halogenated alkanes) is 1. The van der Waals surface area contributed by atoms with Gasteiger partial charge in [-0.3, -0.25) is 9.59 Å². The number of nitrogens with zero attached hydrogens (tertiary/aromatic N) is 4. The highest BCUT2D eigenvalue weighted by molar-refractivity contribution is 7.13. The van der Waals surface area contributed by atoms with E-state index in [0.29, 0.717) is 30.0 Å². The van der Waals surface area contributed by atoms with Gasteiger partial charge < -0.3 is 15.4 Å². The molecule has 13 heteroatoms. The molecule has 0 saturated carbocycles. The summed E-state index contributed by atoms with van der Waals surface area (Å²) >= 11 is 1.27. The molecule has 40 heavy (non-hydrogen) atoms. The largest absolute Gasteiger partial charge is 0.573 e. The number of aryl methyl sites for hydroxylation is 2. The maximum absolute atomic E-state index is 12.4. The monoisotopic (exact) mass is 570 g/mol. The number of carbonyl (C=O) groups excluding carboxylic acids is 2. The molecule has 9 nitrogen and oxygen atoms in total. The molecule has 0 unspecified atom stereocenters. The van der Waals surface area contributed by atoms with Crippen molar-refractivity contribution in [3.8, 4) is 5.75 Å². The molecule has 4 rings (SSSR count). The molecule has 2 aromatic heterocycles. The number of halogens is 3. The van der Waals surface area contributed by atoms with Gasteiger partial charge in [-0.05, 0) is 54.7 Å². The average molecular weight is 571 g/mol.